The number of benzene rings is 1. The molecule has 0 fully saturated rings. The van der Waals surface area contributed by atoms with Gasteiger partial charge in [-0.3, -0.25) is 0 Å². The predicted octanol–water partition coefficient (Wildman–Crippen LogP) is 2.08. The third-order valence-electron chi connectivity index (χ3n) is 2.70. The molecule has 1 aromatic carbocycles. The van der Waals surface area contributed by atoms with Crippen molar-refractivity contribution in [3.63, 3.8) is 0 Å². The number of aliphatic hydroxyl groups excluding tert-OH is 1. The molecule has 0 aliphatic rings. The maximum absolute atomic E-state index is 11.6. The van der Waals surface area contributed by atoms with Gasteiger partial charge in [0.05, 0.1) is 12.1 Å². The number of amides is 1. The molecule has 0 aliphatic carbocycles. The molecule has 2 atom stereocenters. The first-order valence-electron chi connectivity index (χ1n) is 6.22. The van der Waals surface area contributed by atoms with Crippen LogP contribution in [0.5, 0.6) is 0 Å². The fourth-order valence-electron chi connectivity index (χ4n) is 1.59. The molecule has 1 rings (SSSR count). The molecule has 1 amide bonds. The lowest BCUT2D eigenvalue weighted by molar-refractivity contribution is 0.107. The van der Waals surface area contributed by atoms with Gasteiger partial charge in [-0.15, -0.1) is 12.3 Å². The van der Waals surface area contributed by atoms with E-state index >= 15 is 0 Å². The van der Waals surface area contributed by atoms with E-state index in [-0.39, 0.29) is 12.6 Å². The van der Waals surface area contributed by atoms with E-state index in [0.717, 1.165) is 5.56 Å². The van der Waals surface area contributed by atoms with Crippen molar-refractivity contribution in [2.75, 3.05) is 0 Å². The van der Waals surface area contributed by atoms with Gasteiger partial charge in [0.25, 0.3) is 0 Å². The summed E-state index contributed by atoms with van der Waals surface area (Å²) in [6.07, 6.45) is 4.97. The number of ether oxygens (including phenoxy) is 1. The summed E-state index contributed by atoms with van der Waals surface area (Å²) in [5, 5.41) is 12.1. The second-order valence-electron chi connectivity index (χ2n) is 4.30. The molecular formula is C15H19NO3. The molecule has 0 bridgehead atoms. The van der Waals surface area contributed by atoms with E-state index in [9.17, 15) is 9.90 Å². The maximum atomic E-state index is 11.6. The highest BCUT2D eigenvalue weighted by Crippen LogP contribution is 2.04. The fraction of sp³-hybridized carbons (Fsp3) is 0.400. The van der Waals surface area contributed by atoms with Gasteiger partial charge < -0.3 is 15.2 Å². The van der Waals surface area contributed by atoms with Crippen LogP contribution in [0.25, 0.3) is 0 Å². The van der Waals surface area contributed by atoms with Gasteiger partial charge in [0.2, 0.25) is 0 Å². The van der Waals surface area contributed by atoms with Crippen LogP contribution >= 0.6 is 0 Å². The SMILES string of the molecule is C#CCC[C@H](NC(=O)OCc1ccccc1)[C@H](C)O. The summed E-state index contributed by atoms with van der Waals surface area (Å²) < 4.78 is 5.08. The first kappa shape index (κ1) is 15.1. The van der Waals surface area contributed by atoms with Crippen LogP contribution in [0.15, 0.2) is 30.3 Å². The van der Waals surface area contributed by atoms with Crippen molar-refractivity contribution < 1.29 is 14.6 Å². The van der Waals surface area contributed by atoms with Gasteiger partial charge in [0.15, 0.2) is 0 Å². The molecule has 1 aromatic rings. The number of nitrogens with one attached hydrogen (secondary N) is 1. The van der Waals surface area contributed by atoms with Crippen LogP contribution in [0.2, 0.25) is 0 Å². The van der Waals surface area contributed by atoms with Crippen LogP contribution in [-0.2, 0) is 11.3 Å². The normalized spacial score (nSPS) is 13.1. The Labute approximate surface area is 113 Å². The zero-order valence-corrected chi connectivity index (χ0v) is 11.0. The Morgan fingerprint density at radius 3 is 2.74 bits per heavy atom. The molecule has 0 aliphatic heterocycles. The van der Waals surface area contributed by atoms with Gasteiger partial charge in [-0.2, -0.15) is 0 Å². The second kappa shape index (κ2) is 8.17. The molecule has 0 spiro atoms. The van der Waals surface area contributed by atoms with Crippen LogP contribution in [0.1, 0.15) is 25.3 Å². The van der Waals surface area contributed by atoms with E-state index in [4.69, 9.17) is 11.2 Å². The Kier molecular flexibility index (Phi) is 6.48. The van der Waals surface area contributed by atoms with Crippen LogP contribution in [0.4, 0.5) is 4.79 Å². The van der Waals surface area contributed by atoms with Crippen molar-refractivity contribution >= 4 is 6.09 Å². The molecule has 0 saturated heterocycles. The first-order chi connectivity index (χ1) is 9.13. The average Bonchev–Trinajstić information content (AvgIpc) is 2.42. The Morgan fingerprint density at radius 2 is 2.16 bits per heavy atom. The quantitative estimate of drug-likeness (QED) is 0.771. The zero-order chi connectivity index (χ0) is 14.1. The fourth-order valence-corrected chi connectivity index (χ4v) is 1.59. The van der Waals surface area contributed by atoms with Crippen molar-refractivity contribution in [2.24, 2.45) is 0 Å². The van der Waals surface area contributed by atoms with Gasteiger partial charge in [0.1, 0.15) is 6.61 Å². The Morgan fingerprint density at radius 1 is 1.47 bits per heavy atom. The molecule has 4 heteroatoms. The smallest absolute Gasteiger partial charge is 0.407 e. The van der Waals surface area contributed by atoms with E-state index in [1.165, 1.54) is 0 Å². The summed E-state index contributed by atoms with van der Waals surface area (Å²) >= 11 is 0. The number of hydrogen-bond donors (Lipinski definition) is 2. The highest BCUT2D eigenvalue weighted by Gasteiger charge is 2.17. The number of hydrogen-bond acceptors (Lipinski definition) is 3. The standard InChI is InChI=1S/C15H19NO3/c1-3-4-10-14(12(2)17)16-15(18)19-11-13-8-6-5-7-9-13/h1,5-9,12,14,17H,4,10-11H2,2H3,(H,16,18)/t12-,14-/m0/s1. The number of carbonyl (C=O) groups excluding carboxylic acids is 1. The first-order valence-corrected chi connectivity index (χ1v) is 6.22. The lowest BCUT2D eigenvalue weighted by Crippen LogP contribution is -2.42. The highest BCUT2D eigenvalue weighted by atomic mass is 16.5. The topological polar surface area (TPSA) is 58.6 Å². The molecular weight excluding hydrogens is 242 g/mol. The van der Waals surface area contributed by atoms with Gasteiger partial charge in [-0.1, -0.05) is 30.3 Å². The molecule has 0 saturated carbocycles. The van der Waals surface area contributed by atoms with Crippen molar-refractivity contribution in [1.82, 2.24) is 5.32 Å². The van der Waals surface area contributed by atoms with Crippen molar-refractivity contribution in [1.29, 1.82) is 0 Å². The van der Waals surface area contributed by atoms with Crippen LogP contribution in [0, 0.1) is 12.3 Å². The third kappa shape index (κ3) is 5.94. The lowest BCUT2D eigenvalue weighted by atomic mass is 10.1. The molecule has 4 nitrogen and oxygen atoms in total. The largest absolute Gasteiger partial charge is 0.445 e. The summed E-state index contributed by atoms with van der Waals surface area (Å²) in [7, 11) is 0. The molecule has 19 heavy (non-hydrogen) atoms. The number of aliphatic hydroxyl groups is 1. The Hall–Kier alpha value is -1.99. The van der Waals surface area contributed by atoms with E-state index in [1.807, 2.05) is 30.3 Å². The average molecular weight is 261 g/mol. The predicted molar refractivity (Wildman–Crippen MR) is 73.3 cm³/mol. The Balaban J connectivity index is 2.38. The minimum atomic E-state index is -0.669. The van der Waals surface area contributed by atoms with Crippen molar-refractivity contribution in [2.45, 2.75) is 38.5 Å². The molecule has 0 aromatic heterocycles. The third-order valence-corrected chi connectivity index (χ3v) is 2.70. The minimum absolute atomic E-state index is 0.203. The van der Waals surface area contributed by atoms with E-state index in [1.54, 1.807) is 6.92 Å². The maximum Gasteiger partial charge on any atom is 0.407 e. The Bertz CT molecular complexity index is 423. The van der Waals surface area contributed by atoms with Crippen LogP contribution < -0.4 is 5.32 Å². The van der Waals surface area contributed by atoms with Gasteiger partial charge in [0, 0.05) is 6.42 Å². The highest BCUT2D eigenvalue weighted by molar-refractivity contribution is 5.67. The summed E-state index contributed by atoms with van der Waals surface area (Å²) in [5.74, 6) is 2.48. The van der Waals surface area contributed by atoms with Gasteiger partial charge in [-0.25, -0.2) is 4.79 Å². The summed E-state index contributed by atoms with van der Waals surface area (Å²) in [6.45, 7) is 1.81. The van der Waals surface area contributed by atoms with Gasteiger partial charge in [-0.05, 0) is 18.9 Å². The minimum Gasteiger partial charge on any atom is -0.445 e. The van der Waals surface area contributed by atoms with E-state index in [2.05, 4.69) is 11.2 Å². The molecule has 0 unspecified atom stereocenters. The van der Waals surface area contributed by atoms with Crippen molar-refractivity contribution in [3.05, 3.63) is 35.9 Å². The molecule has 2 N–H and O–H groups in total. The molecule has 0 radical (unpaired) electrons. The number of carbonyl (C=O) groups is 1. The number of terminal acetylenes is 1. The summed E-state index contributed by atoms with van der Waals surface area (Å²) in [5.41, 5.74) is 0.912. The number of alkyl carbamates (subject to hydrolysis) is 1. The second-order valence-corrected chi connectivity index (χ2v) is 4.30. The molecule has 0 heterocycles. The van der Waals surface area contributed by atoms with E-state index in [0.29, 0.717) is 12.8 Å². The van der Waals surface area contributed by atoms with Gasteiger partial charge >= 0.3 is 6.09 Å². The summed E-state index contributed by atoms with van der Waals surface area (Å²) in [4.78, 5) is 11.6. The monoisotopic (exact) mass is 261 g/mol. The molecule has 102 valence electrons. The van der Waals surface area contributed by atoms with Crippen LogP contribution in [0.3, 0.4) is 0 Å². The zero-order valence-electron chi connectivity index (χ0n) is 11.0. The summed E-state index contributed by atoms with van der Waals surface area (Å²) in [6, 6.07) is 9.01. The van der Waals surface area contributed by atoms with Crippen LogP contribution in [-0.4, -0.2) is 23.3 Å². The lowest BCUT2D eigenvalue weighted by Gasteiger charge is -2.20. The number of rotatable bonds is 6. The van der Waals surface area contributed by atoms with Crippen molar-refractivity contribution in [3.8, 4) is 12.3 Å². The van der Waals surface area contributed by atoms with E-state index < -0.39 is 12.2 Å².